The molecule has 0 aliphatic heterocycles. The van der Waals surface area contributed by atoms with E-state index < -0.39 is 62.2 Å². The summed E-state index contributed by atoms with van der Waals surface area (Å²) < 4.78 is 0. The van der Waals surface area contributed by atoms with Gasteiger partial charge in [-0.15, -0.1) is 0 Å². The zero-order valence-corrected chi connectivity index (χ0v) is 25.9. The normalized spacial score (nSPS) is 30.4. The van der Waals surface area contributed by atoms with Gasteiger partial charge in [0.15, 0.2) is 17.2 Å². The molecule has 0 aromatic heterocycles. The van der Waals surface area contributed by atoms with Crippen molar-refractivity contribution in [2.24, 2.45) is 22.7 Å². The van der Waals surface area contributed by atoms with Gasteiger partial charge < -0.3 is 20.4 Å². The van der Waals surface area contributed by atoms with E-state index in [2.05, 4.69) is 6.08 Å². The number of hydrogen-bond acceptors (Lipinski definition) is 7. The maximum Gasteiger partial charge on any atom is 0.203 e. The number of carbonyl (C=O) groups is 3. The third-order valence-electron chi connectivity index (χ3n) is 9.75. The molecule has 0 radical (unpaired) electrons. The van der Waals surface area contributed by atoms with Gasteiger partial charge in [0.1, 0.15) is 22.8 Å². The average Bonchev–Trinajstić information content (AvgIpc) is 2.80. The average molecular weight is 565 g/mol. The van der Waals surface area contributed by atoms with Crippen molar-refractivity contribution in [2.75, 3.05) is 0 Å². The van der Waals surface area contributed by atoms with Gasteiger partial charge in [0.2, 0.25) is 5.78 Å². The van der Waals surface area contributed by atoms with Crippen LogP contribution in [0.15, 0.2) is 29.0 Å². The second-order valence-corrected chi connectivity index (χ2v) is 14.2. The summed E-state index contributed by atoms with van der Waals surface area (Å²) in [6, 6.07) is 1.95. The lowest BCUT2D eigenvalue weighted by atomic mass is 9.43. The smallest absolute Gasteiger partial charge is 0.203 e. The third-order valence-corrected chi connectivity index (χ3v) is 9.75. The molecular formula is C34H44O7. The van der Waals surface area contributed by atoms with E-state index in [-0.39, 0.29) is 35.6 Å². The number of phenols is 1. The van der Waals surface area contributed by atoms with Gasteiger partial charge >= 0.3 is 0 Å². The number of carbonyl (C=O) groups excluding carboxylic acids is 3. The lowest BCUT2D eigenvalue weighted by Crippen LogP contribution is -2.69. The molecule has 1 fully saturated rings. The van der Waals surface area contributed by atoms with Crippen LogP contribution >= 0.6 is 0 Å². The summed E-state index contributed by atoms with van der Waals surface area (Å²) in [5.41, 5.74) is -3.05. The van der Waals surface area contributed by atoms with E-state index in [1.165, 1.54) is 0 Å². The van der Waals surface area contributed by atoms with Crippen LogP contribution in [0.4, 0.5) is 0 Å². The van der Waals surface area contributed by atoms with Gasteiger partial charge in [0.05, 0.1) is 5.56 Å². The van der Waals surface area contributed by atoms with E-state index in [1.54, 1.807) is 20.8 Å². The van der Waals surface area contributed by atoms with E-state index in [0.29, 0.717) is 11.1 Å². The van der Waals surface area contributed by atoms with E-state index in [4.69, 9.17) is 0 Å². The molecule has 0 spiro atoms. The topological polar surface area (TPSA) is 132 Å². The van der Waals surface area contributed by atoms with Gasteiger partial charge in [0.25, 0.3) is 0 Å². The lowest BCUT2D eigenvalue weighted by Gasteiger charge is -2.59. The Morgan fingerprint density at radius 1 is 1.12 bits per heavy atom. The number of hydrogen-bond donors (Lipinski definition) is 4. The standard InChI is InChI=1S/C34H44O7/c1-11-12-17(4)19-13-21(31(6,7)8)26(36)23-20(19)14-32(9)15-33(10)24(16(2)3)27(37)22(18(5)35)29(39)34(33,41)30(40)25(32)28(23)38/h12-13,16,24,36,38-39,41H,11,14-15H2,1-10H3/b17-12-/t24?,32-,33-,34+/m1/s1. The van der Waals surface area contributed by atoms with Crippen molar-refractivity contribution in [1.29, 1.82) is 0 Å². The number of phenolic OH excluding ortho intramolecular Hbond substituents is 1. The van der Waals surface area contributed by atoms with Gasteiger partial charge in [-0.2, -0.15) is 0 Å². The Morgan fingerprint density at radius 2 is 1.71 bits per heavy atom. The molecule has 0 heterocycles. The summed E-state index contributed by atoms with van der Waals surface area (Å²) in [6.07, 6.45) is 3.18. The van der Waals surface area contributed by atoms with Gasteiger partial charge in [0, 0.05) is 27.9 Å². The van der Waals surface area contributed by atoms with Crippen molar-refractivity contribution in [3.63, 3.8) is 0 Å². The number of aliphatic hydroxyl groups excluding tert-OH is 2. The van der Waals surface area contributed by atoms with Gasteiger partial charge in [-0.3, -0.25) is 14.4 Å². The van der Waals surface area contributed by atoms with Gasteiger partial charge in [-0.05, 0) is 67.2 Å². The van der Waals surface area contributed by atoms with E-state index in [1.807, 2.05) is 47.6 Å². The number of fused-ring (bicyclic) bond motifs is 3. The van der Waals surface area contributed by atoms with Crippen LogP contribution in [0.1, 0.15) is 104 Å². The molecule has 1 saturated carbocycles. The lowest BCUT2D eigenvalue weighted by molar-refractivity contribution is -0.178. The zero-order valence-electron chi connectivity index (χ0n) is 25.9. The van der Waals surface area contributed by atoms with Gasteiger partial charge in [-0.25, -0.2) is 0 Å². The number of benzene rings is 1. The number of aromatic hydroxyl groups is 1. The minimum absolute atomic E-state index is 0.0721. The highest BCUT2D eigenvalue weighted by Gasteiger charge is 2.72. The first-order valence-corrected chi connectivity index (χ1v) is 14.5. The molecule has 3 aliphatic rings. The van der Waals surface area contributed by atoms with Crippen LogP contribution in [0.5, 0.6) is 5.75 Å². The van der Waals surface area contributed by atoms with Crippen LogP contribution < -0.4 is 0 Å². The van der Waals surface area contributed by atoms with Crippen molar-refractivity contribution in [1.82, 2.24) is 0 Å². The minimum atomic E-state index is -2.62. The molecule has 1 unspecified atom stereocenters. The molecule has 41 heavy (non-hydrogen) atoms. The highest BCUT2D eigenvalue weighted by molar-refractivity contribution is 6.24. The van der Waals surface area contributed by atoms with E-state index in [0.717, 1.165) is 24.5 Å². The Hall–Kier alpha value is -3.19. The number of aliphatic hydroxyl groups is 3. The molecule has 0 bridgehead atoms. The number of ketones is 3. The molecule has 4 rings (SSSR count). The fourth-order valence-electron chi connectivity index (χ4n) is 8.13. The summed E-state index contributed by atoms with van der Waals surface area (Å²) in [6.45, 7) is 18.0. The summed E-state index contributed by atoms with van der Waals surface area (Å²) in [4.78, 5) is 40.8. The maximum atomic E-state index is 14.5. The molecule has 4 atom stereocenters. The van der Waals surface area contributed by atoms with Crippen molar-refractivity contribution in [3.8, 4) is 5.75 Å². The molecule has 222 valence electrons. The Bertz CT molecular complexity index is 1480. The predicted octanol–water partition coefficient (Wildman–Crippen LogP) is 6.30. The molecule has 3 aliphatic carbocycles. The quantitative estimate of drug-likeness (QED) is 0.316. The number of rotatable bonds is 4. The van der Waals surface area contributed by atoms with E-state index in [9.17, 15) is 34.8 Å². The van der Waals surface area contributed by atoms with E-state index >= 15 is 0 Å². The first-order chi connectivity index (χ1) is 18.7. The summed E-state index contributed by atoms with van der Waals surface area (Å²) in [5, 5.41) is 47.1. The van der Waals surface area contributed by atoms with Crippen LogP contribution in [-0.2, 0) is 26.2 Å². The molecule has 7 heteroatoms. The predicted molar refractivity (Wildman–Crippen MR) is 158 cm³/mol. The second-order valence-electron chi connectivity index (χ2n) is 14.2. The number of Topliss-reactive ketones (excluding diaryl/α,β-unsaturated/α-hetero) is 3. The largest absolute Gasteiger partial charge is 0.508 e. The third kappa shape index (κ3) is 3.98. The summed E-state index contributed by atoms with van der Waals surface area (Å²) in [7, 11) is 0. The molecule has 1 aromatic carbocycles. The molecular weight excluding hydrogens is 520 g/mol. The van der Waals surface area contributed by atoms with Crippen molar-refractivity contribution >= 4 is 28.7 Å². The van der Waals surface area contributed by atoms with Crippen LogP contribution in [0.2, 0.25) is 0 Å². The second kappa shape index (κ2) is 9.41. The Kier molecular flexibility index (Phi) is 7.06. The molecule has 7 nitrogen and oxygen atoms in total. The highest BCUT2D eigenvalue weighted by Crippen LogP contribution is 2.65. The fraction of sp³-hybridized carbons (Fsp3) is 0.559. The minimum Gasteiger partial charge on any atom is -0.508 e. The molecule has 1 aromatic rings. The summed E-state index contributed by atoms with van der Waals surface area (Å²) in [5.74, 6) is -5.12. The van der Waals surface area contributed by atoms with Crippen molar-refractivity contribution in [3.05, 3.63) is 51.3 Å². The van der Waals surface area contributed by atoms with Crippen LogP contribution in [0, 0.1) is 22.7 Å². The first-order valence-electron chi connectivity index (χ1n) is 14.5. The molecule has 4 N–H and O–H groups in total. The Morgan fingerprint density at radius 3 is 2.20 bits per heavy atom. The van der Waals surface area contributed by atoms with Crippen molar-refractivity contribution < 1.29 is 34.8 Å². The number of allylic oxidation sites excluding steroid dienone is 3. The fourth-order valence-corrected chi connectivity index (χ4v) is 8.13. The zero-order chi connectivity index (χ0) is 31.2. The molecule has 0 saturated heterocycles. The molecule has 0 amide bonds. The highest BCUT2D eigenvalue weighted by atomic mass is 16.3. The monoisotopic (exact) mass is 564 g/mol. The first kappa shape index (κ1) is 30.8. The van der Waals surface area contributed by atoms with Gasteiger partial charge in [-0.1, -0.05) is 61.5 Å². The SMILES string of the molecule is CC/C=C(/C)c1cc(C(C)(C)C)c(O)c2c1C[C@]1(C)C[C@]3(C)C(C(C)C)C(=O)C(C(C)=O)=C(O)[C@]3(O)C(=O)C1=C2O. The van der Waals surface area contributed by atoms with Crippen LogP contribution in [-0.4, -0.2) is 43.4 Å². The maximum absolute atomic E-state index is 14.5. The van der Waals surface area contributed by atoms with Crippen LogP contribution in [0.3, 0.4) is 0 Å². The van der Waals surface area contributed by atoms with Crippen molar-refractivity contribution in [2.45, 2.75) is 99.5 Å². The Balaban J connectivity index is 2.15. The Labute approximate surface area is 242 Å². The summed E-state index contributed by atoms with van der Waals surface area (Å²) >= 11 is 0. The van der Waals surface area contributed by atoms with Crippen LogP contribution in [0.25, 0.3) is 11.3 Å².